The van der Waals surface area contributed by atoms with Gasteiger partial charge in [-0.05, 0) is 30.4 Å². The number of fused-ring (bicyclic) bond motifs is 1. The molecular formula is C15H19N3O2. The van der Waals surface area contributed by atoms with E-state index in [1.807, 2.05) is 24.3 Å². The van der Waals surface area contributed by atoms with E-state index in [4.69, 9.17) is 10.9 Å². The third kappa shape index (κ3) is 1.94. The molecule has 1 saturated carbocycles. The van der Waals surface area contributed by atoms with E-state index in [-0.39, 0.29) is 17.7 Å². The van der Waals surface area contributed by atoms with Gasteiger partial charge in [0, 0.05) is 0 Å². The Bertz CT molecular complexity index is 562. The summed E-state index contributed by atoms with van der Waals surface area (Å²) in [6.07, 6.45) is 4.22. The van der Waals surface area contributed by atoms with Crippen molar-refractivity contribution in [1.82, 2.24) is 5.32 Å². The van der Waals surface area contributed by atoms with Crippen molar-refractivity contribution in [3.05, 3.63) is 35.4 Å². The zero-order valence-corrected chi connectivity index (χ0v) is 11.3. The summed E-state index contributed by atoms with van der Waals surface area (Å²) < 4.78 is 0. The first-order chi connectivity index (χ1) is 9.66. The van der Waals surface area contributed by atoms with Crippen molar-refractivity contribution in [2.75, 3.05) is 0 Å². The summed E-state index contributed by atoms with van der Waals surface area (Å²) in [5.41, 5.74) is 7.47. The molecule has 1 aromatic carbocycles. The highest BCUT2D eigenvalue weighted by Gasteiger charge is 2.42. The minimum Gasteiger partial charge on any atom is -0.409 e. The standard InChI is InChI=1S/C15H19N3O2/c16-14(18-20)15(7-3-4-8-15)17-13(19)12-9-10-5-1-2-6-11(10)12/h1-2,5-6,12,20H,3-4,7-9H2,(H2,16,18)(H,17,19). The second-order valence-corrected chi connectivity index (χ2v) is 5.72. The van der Waals surface area contributed by atoms with Gasteiger partial charge >= 0.3 is 0 Å². The minimum atomic E-state index is -0.656. The number of amides is 1. The lowest BCUT2D eigenvalue weighted by molar-refractivity contribution is -0.124. The number of benzene rings is 1. The first kappa shape index (κ1) is 13.0. The number of hydrogen-bond acceptors (Lipinski definition) is 3. The number of rotatable bonds is 3. The molecule has 2 aliphatic carbocycles. The molecule has 0 bridgehead atoms. The van der Waals surface area contributed by atoms with Crippen LogP contribution in [0.2, 0.25) is 0 Å². The molecule has 1 atom stereocenters. The van der Waals surface area contributed by atoms with Gasteiger partial charge in [0.2, 0.25) is 5.91 Å². The maximum absolute atomic E-state index is 12.5. The molecule has 1 aromatic rings. The predicted molar refractivity (Wildman–Crippen MR) is 75.6 cm³/mol. The molecule has 1 amide bonds. The van der Waals surface area contributed by atoms with E-state index >= 15 is 0 Å². The van der Waals surface area contributed by atoms with Gasteiger partial charge in [0.15, 0.2) is 5.84 Å². The van der Waals surface area contributed by atoms with Crippen LogP contribution in [0.4, 0.5) is 0 Å². The van der Waals surface area contributed by atoms with Crippen molar-refractivity contribution >= 4 is 11.7 Å². The number of carbonyl (C=O) groups excluding carboxylic acids is 1. The van der Waals surface area contributed by atoms with Gasteiger partial charge in [0.1, 0.15) is 5.54 Å². The number of oxime groups is 1. The number of nitrogens with two attached hydrogens (primary N) is 1. The van der Waals surface area contributed by atoms with Gasteiger partial charge in [0.25, 0.3) is 0 Å². The Morgan fingerprint density at radius 2 is 2.05 bits per heavy atom. The second kappa shape index (κ2) is 4.81. The quantitative estimate of drug-likeness (QED) is 0.337. The van der Waals surface area contributed by atoms with Gasteiger partial charge in [-0.25, -0.2) is 0 Å². The molecule has 0 heterocycles. The average molecular weight is 273 g/mol. The Balaban J connectivity index is 1.76. The Morgan fingerprint density at radius 3 is 2.70 bits per heavy atom. The topological polar surface area (TPSA) is 87.7 Å². The highest BCUT2D eigenvalue weighted by atomic mass is 16.4. The summed E-state index contributed by atoms with van der Waals surface area (Å²) in [5.74, 6) is 0.00308. The molecule has 0 radical (unpaired) electrons. The van der Waals surface area contributed by atoms with Crippen LogP contribution in [0.1, 0.15) is 42.7 Å². The summed E-state index contributed by atoms with van der Waals surface area (Å²) in [7, 11) is 0. The van der Waals surface area contributed by atoms with Crippen LogP contribution in [0, 0.1) is 0 Å². The molecular weight excluding hydrogens is 254 g/mol. The lowest BCUT2D eigenvalue weighted by atomic mass is 9.76. The van der Waals surface area contributed by atoms with E-state index in [2.05, 4.69) is 10.5 Å². The normalized spacial score (nSPS) is 23.8. The monoisotopic (exact) mass is 273 g/mol. The van der Waals surface area contributed by atoms with Crippen molar-refractivity contribution in [2.24, 2.45) is 10.9 Å². The molecule has 5 nitrogen and oxygen atoms in total. The Kier molecular flexibility index (Phi) is 3.12. The van der Waals surface area contributed by atoms with Gasteiger partial charge in [-0.2, -0.15) is 0 Å². The largest absolute Gasteiger partial charge is 0.409 e. The lowest BCUT2D eigenvalue weighted by Crippen LogP contribution is -2.57. The minimum absolute atomic E-state index is 0.0165. The van der Waals surface area contributed by atoms with Crippen LogP contribution in [-0.2, 0) is 11.2 Å². The molecule has 1 fully saturated rings. The maximum atomic E-state index is 12.5. The van der Waals surface area contributed by atoms with E-state index in [0.29, 0.717) is 0 Å². The van der Waals surface area contributed by atoms with E-state index in [9.17, 15) is 4.79 Å². The van der Waals surface area contributed by atoms with E-state index < -0.39 is 5.54 Å². The van der Waals surface area contributed by atoms with E-state index in [0.717, 1.165) is 37.7 Å². The van der Waals surface area contributed by atoms with Crippen molar-refractivity contribution in [2.45, 2.75) is 43.6 Å². The third-order valence-electron chi connectivity index (χ3n) is 4.59. The SMILES string of the molecule is NC(=NO)C1(NC(=O)C2Cc3ccccc32)CCCC1. The summed E-state index contributed by atoms with van der Waals surface area (Å²) in [4.78, 5) is 12.5. The van der Waals surface area contributed by atoms with Crippen LogP contribution < -0.4 is 11.1 Å². The van der Waals surface area contributed by atoms with Crippen molar-refractivity contribution in [3.8, 4) is 0 Å². The van der Waals surface area contributed by atoms with Crippen molar-refractivity contribution in [1.29, 1.82) is 0 Å². The van der Waals surface area contributed by atoms with Gasteiger partial charge in [-0.1, -0.05) is 42.3 Å². The number of amidine groups is 1. The van der Waals surface area contributed by atoms with Crippen LogP contribution in [-0.4, -0.2) is 22.5 Å². The smallest absolute Gasteiger partial charge is 0.228 e. The summed E-state index contributed by atoms with van der Waals surface area (Å²) >= 11 is 0. The van der Waals surface area contributed by atoms with Crippen LogP contribution in [0.3, 0.4) is 0 Å². The molecule has 0 aromatic heterocycles. The highest BCUT2D eigenvalue weighted by Crippen LogP contribution is 2.37. The molecule has 0 spiro atoms. The van der Waals surface area contributed by atoms with Crippen molar-refractivity contribution < 1.29 is 10.0 Å². The van der Waals surface area contributed by atoms with Crippen LogP contribution in [0.15, 0.2) is 29.4 Å². The number of nitrogens with zero attached hydrogens (tertiary/aromatic N) is 1. The molecule has 2 aliphatic rings. The summed E-state index contributed by atoms with van der Waals surface area (Å²) in [5, 5.41) is 15.1. The number of carbonyl (C=O) groups is 1. The van der Waals surface area contributed by atoms with Crippen LogP contribution in [0.5, 0.6) is 0 Å². The molecule has 106 valence electrons. The highest BCUT2D eigenvalue weighted by molar-refractivity contribution is 5.96. The predicted octanol–water partition coefficient (Wildman–Crippen LogP) is 1.50. The Morgan fingerprint density at radius 1 is 1.35 bits per heavy atom. The van der Waals surface area contributed by atoms with Crippen LogP contribution in [0.25, 0.3) is 0 Å². The molecule has 0 aliphatic heterocycles. The fourth-order valence-corrected chi connectivity index (χ4v) is 3.34. The fourth-order valence-electron chi connectivity index (χ4n) is 3.34. The Hall–Kier alpha value is -2.04. The summed E-state index contributed by atoms with van der Waals surface area (Å²) in [6, 6.07) is 7.98. The fraction of sp³-hybridized carbons (Fsp3) is 0.467. The molecule has 1 unspecified atom stereocenters. The van der Waals surface area contributed by atoms with E-state index in [1.165, 1.54) is 5.56 Å². The lowest BCUT2D eigenvalue weighted by Gasteiger charge is -2.34. The second-order valence-electron chi connectivity index (χ2n) is 5.72. The van der Waals surface area contributed by atoms with Gasteiger partial charge < -0.3 is 16.3 Å². The number of nitrogens with one attached hydrogen (secondary N) is 1. The average Bonchev–Trinajstić information content (AvgIpc) is 2.89. The van der Waals surface area contributed by atoms with Gasteiger partial charge in [-0.3, -0.25) is 4.79 Å². The van der Waals surface area contributed by atoms with E-state index in [1.54, 1.807) is 0 Å². The molecule has 20 heavy (non-hydrogen) atoms. The van der Waals surface area contributed by atoms with Gasteiger partial charge in [-0.15, -0.1) is 0 Å². The van der Waals surface area contributed by atoms with Crippen LogP contribution >= 0.6 is 0 Å². The van der Waals surface area contributed by atoms with Crippen molar-refractivity contribution in [3.63, 3.8) is 0 Å². The molecule has 3 rings (SSSR count). The molecule has 4 N–H and O–H groups in total. The maximum Gasteiger partial charge on any atom is 0.228 e. The van der Waals surface area contributed by atoms with Gasteiger partial charge in [0.05, 0.1) is 5.92 Å². The zero-order valence-electron chi connectivity index (χ0n) is 11.3. The first-order valence-corrected chi connectivity index (χ1v) is 7.04. The Labute approximate surface area is 117 Å². The first-order valence-electron chi connectivity index (χ1n) is 7.04. The summed E-state index contributed by atoms with van der Waals surface area (Å²) in [6.45, 7) is 0. The molecule has 5 heteroatoms. The number of hydrogen-bond donors (Lipinski definition) is 3. The molecule has 0 saturated heterocycles. The zero-order chi connectivity index (χ0) is 14.2. The third-order valence-corrected chi connectivity index (χ3v) is 4.59.